The molecule has 2 saturated carbocycles. The normalized spacial score (nSPS) is 23.9. The van der Waals surface area contributed by atoms with E-state index >= 15 is 0 Å². The van der Waals surface area contributed by atoms with Gasteiger partial charge < -0.3 is 35.8 Å². The summed E-state index contributed by atoms with van der Waals surface area (Å²) in [6.07, 6.45) is 11.0. The third-order valence-corrected chi connectivity index (χ3v) is 14.6. The summed E-state index contributed by atoms with van der Waals surface area (Å²) in [5.74, 6) is 0.783. The minimum absolute atomic E-state index is 0.0170. The van der Waals surface area contributed by atoms with Crippen LogP contribution in [0.5, 0.6) is 0 Å². The fourth-order valence-corrected chi connectivity index (χ4v) is 11.1. The van der Waals surface area contributed by atoms with E-state index in [1.54, 1.807) is 19.2 Å². The van der Waals surface area contributed by atoms with Crippen LogP contribution in [0, 0.1) is 18.8 Å². The number of methoxy groups -OCH3 is 1. The number of allylic oxidation sites excluding steroid dienone is 2. The van der Waals surface area contributed by atoms with Gasteiger partial charge in [-0.1, -0.05) is 54.6 Å². The van der Waals surface area contributed by atoms with Crippen molar-refractivity contribution in [3.05, 3.63) is 106 Å². The highest BCUT2D eigenvalue weighted by atomic mass is 16.5. The first-order valence-corrected chi connectivity index (χ1v) is 23.4. The van der Waals surface area contributed by atoms with Crippen LogP contribution in [0.3, 0.4) is 0 Å². The van der Waals surface area contributed by atoms with Crippen LogP contribution in [0.4, 0.5) is 33.2 Å². The van der Waals surface area contributed by atoms with Gasteiger partial charge in [-0.3, -0.25) is 19.9 Å². The Morgan fingerprint density at radius 1 is 0.785 bits per heavy atom. The zero-order valence-electron chi connectivity index (χ0n) is 37.5. The van der Waals surface area contributed by atoms with E-state index in [1.807, 2.05) is 37.3 Å². The monoisotopic (exact) mass is 874 g/mol. The van der Waals surface area contributed by atoms with Crippen molar-refractivity contribution in [2.24, 2.45) is 16.8 Å². The molecule has 0 saturated heterocycles. The number of aliphatic hydroxyl groups excluding tert-OH is 1. The first-order chi connectivity index (χ1) is 31.5. The number of amides is 2. The Hall–Kier alpha value is -6.40. The molecule has 0 aromatic heterocycles. The highest BCUT2D eigenvalue weighted by Gasteiger charge is 2.43. The number of carbonyl (C=O) groups is 3. The molecule has 6 N–H and O–H groups in total. The van der Waals surface area contributed by atoms with Crippen molar-refractivity contribution >= 4 is 78.9 Å². The molecule has 5 aromatic carbocycles. The summed E-state index contributed by atoms with van der Waals surface area (Å²) in [4.78, 5) is 44.3. The zero-order chi connectivity index (χ0) is 44.9. The average molecular weight is 875 g/mol. The van der Waals surface area contributed by atoms with Crippen LogP contribution in [-0.2, 0) is 19.1 Å². The van der Waals surface area contributed by atoms with E-state index in [-0.39, 0.29) is 23.1 Å². The van der Waals surface area contributed by atoms with Crippen LogP contribution in [-0.4, -0.2) is 54.5 Å². The minimum atomic E-state index is -0.545. The molecule has 0 bridgehead atoms. The topological polar surface area (TPSA) is 162 Å². The van der Waals surface area contributed by atoms with Gasteiger partial charge in [-0.15, -0.1) is 0 Å². The molecule has 0 radical (unpaired) electrons. The molecule has 2 heterocycles. The van der Waals surface area contributed by atoms with Crippen molar-refractivity contribution in [3.63, 3.8) is 0 Å². The van der Waals surface area contributed by atoms with Crippen LogP contribution >= 0.6 is 0 Å². The molecule has 12 nitrogen and oxygen atoms in total. The van der Waals surface area contributed by atoms with Crippen molar-refractivity contribution in [1.82, 2.24) is 0 Å². The molecule has 336 valence electrons. The SMILES string of the molecule is COCCCC1CCC2(CC1)Nc1cccc3ccc(C4=C(O)C(=c5ccc6cccc7c6c5=NC5(CCC(CCCOC(=O)Nc6ccc(C)c(NC(C)=O)c6)CC5)N7)C4=O)c(c13)N2. The van der Waals surface area contributed by atoms with E-state index in [2.05, 4.69) is 63.0 Å². The van der Waals surface area contributed by atoms with Gasteiger partial charge in [0.05, 0.1) is 28.8 Å². The van der Waals surface area contributed by atoms with Crippen molar-refractivity contribution < 1.29 is 29.0 Å². The van der Waals surface area contributed by atoms with Crippen LogP contribution in [0.25, 0.3) is 32.7 Å². The van der Waals surface area contributed by atoms with Gasteiger partial charge >= 0.3 is 6.09 Å². The maximum atomic E-state index is 14.6. The van der Waals surface area contributed by atoms with Crippen LogP contribution < -0.4 is 37.2 Å². The number of hydrogen-bond donors (Lipinski definition) is 6. The van der Waals surface area contributed by atoms with E-state index in [0.717, 1.165) is 139 Å². The summed E-state index contributed by atoms with van der Waals surface area (Å²) < 4.78 is 10.8. The highest BCUT2D eigenvalue weighted by Crippen LogP contribution is 2.50. The number of aliphatic hydroxyl groups is 1. The van der Waals surface area contributed by atoms with Gasteiger partial charge in [0.2, 0.25) is 11.7 Å². The van der Waals surface area contributed by atoms with Gasteiger partial charge in [-0.05, 0) is 136 Å². The molecule has 5 aliphatic rings. The molecular formula is C53H58N6O6. The molecule has 2 amide bonds. The second kappa shape index (κ2) is 17.2. The van der Waals surface area contributed by atoms with Crippen LogP contribution in [0.1, 0.15) is 95.1 Å². The number of aryl methyl sites for hydroxylation is 1. The summed E-state index contributed by atoms with van der Waals surface area (Å²) in [6.45, 7) is 4.44. The van der Waals surface area contributed by atoms with Crippen LogP contribution in [0.15, 0.2) is 89.6 Å². The van der Waals surface area contributed by atoms with E-state index in [1.165, 1.54) is 6.92 Å². The van der Waals surface area contributed by atoms with Gasteiger partial charge in [-0.25, -0.2) is 4.79 Å². The Morgan fingerprint density at radius 2 is 1.46 bits per heavy atom. The summed E-state index contributed by atoms with van der Waals surface area (Å²) in [7, 11) is 1.76. The Balaban J connectivity index is 0.874. The van der Waals surface area contributed by atoms with E-state index in [0.29, 0.717) is 46.2 Å². The van der Waals surface area contributed by atoms with Gasteiger partial charge in [-0.2, -0.15) is 0 Å². The molecule has 0 atom stereocenters. The lowest BCUT2D eigenvalue weighted by Gasteiger charge is -2.46. The number of carbonyl (C=O) groups excluding carboxylic acids is 3. The Kier molecular flexibility index (Phi) is 11.3. The molecule has 5 aromatic rings. The fraction of sp³-hybridized carbons (Fsp3) is 0.396. The second-order valence-corrected chi connectivity index (χ2v) is 18.9. The number of hydrogen-bond acceptors (Lipinski definition) is 10. The summed E-state index contributed by atoms with van der Waals surface area (Å²) in [6, 6.07) is 25.9. The molecule has 2 aliphatic heterocycles. The minimum Gasteiger partial charge on any atom is -0.506 e. The fourth-order valence-electron chi connectivity index (χ4n) is 11.1. The average Bonchev–Trinajstić information content (AvgIpc) is 3.29. The van der Waals surface area contributed by atoms with Gasteiger partial charge in [0.1, 0.15) is 17.1 Å². The predicted molar refractivity (Wildman–Crippen MR) is 258 cm³/mol. The number of nitrogens with zero attached hydrogens (tertiary/aromatic N) is 1. The Labute approximate surface area is 379 Å². The number of Topliss-reactive ketones (excluding diaryl/α,β-unsaturated/α-hetero) is 1. The first kappa shape index (κ1) is 42.5. The van der Waals surface area contributed by atoms with E-state index in [9.17, 15) is 19.5 Å². The third kappa shape index (κ3) is 8.06. The van der Waals surface area contributed by atoms with Crippen molar-refractivity contribution in [2.45, 2.75) is 102 Å². The summed E-state index contributed by atoms with van der Waals surface area (Å²) >= 11 is 0. The number of ether oxygens (including phenoxy) is 2. The molecule has 12 heteroatoms. The van der Waals surface area contributed by atoms with Crippen molar-refractivity contribution in [2.75, 3.05) is 46.9 Å². The molecular weight excluding hydrogens is 817 g/mol. The lowest BCUT2D eigenvalue weighted by atomic mass is 9.76. The third-order valence-electron chi connectivity index (χ3n) is 14.6. The lowest BCUT2D eigenvalue weighted by Crippen LogP contribution is -2.51. The molecule has 2 spiro atoms. The maximum absolute atomic E-state index is 14.6. The number of benzene rings is 5. The second-order valence-electron chi connectivity index (χ2n) is 18.9. The largest absolute Gasteiger partial charge is 0.506 e. The smallest absolute Gasteiger partial charge is 0.411 e. The molecule has 0 unspecified atom stereocenters. The quantitative estimate of drug-likeness (QED) is 0.0710. The molecule has 3 aliphatic carbocycles. The standard InChI is InChI=1S/C53H58N6O6/c1-31-14-17-37(30-42(31)54-32(2)60)55-51(63)65-29-7-9-34-22-26-53(27-23-34)57-41-13-5-11-36-16-19-39(48(59-53)44(36)41)46-49(61)45(50(46)62)38-18-15-35-10-4-12-40-43(35)47(38)58-52(56-40)24-20-33(21-25-52)8-6-28-64-3/h4-5,10-19,30,33-34,56-58,61H,6-9,20-29H2,1-3H3,(H,54,60)(H,55,63). The Morgan fingerprint density at radius 3 is 2.17 bits per heavy atom. The number of ketones is 1. The molecule has 10 rings (SSSR count). The van der Waals surface area contributed by atoms with E-state index in [4.69, 9.17) is 14.5 Å². The van der Waals surface area contributed by atoms with Gasteiger partial charge in [0.15, 0.2) is 0 Å². The maximum Gasteiger partial charge on any atom is 0.411 e. The number of nitrogens with one attached hydrogen (secondary N) is 5. The number of anilines is 5. The molecule has 2 fully saturated rings. The summed E-state index contributed by atoms with van der Waals surface area (Å²) in [5, 5.41) is 34.8. The van der Waals surface area contributed by atoms with Crippen molar-refractivity contribution in [3.8, 4) is 0 Å². The molecule has 65 heavy (non-hydrogen) atoms. The lowest BCUT2D eigenvalue weighted by molar-refractivity contribution is -0.114. The predicted octanol–water partition coefficient (Wildman–Crippen LogP) is 10.1. The van der Waals surface area contributed by atoms with Gasteiger partial charge in [0, 0.05) is 64.9 Å². The summed E-state index contributed by atoms with van der Waals surface area (Å²) in [5.41, 5.74) is 5.57. The first-order valence-electron chi connectivity index (χ1n) is 23.4. The van der Waals surface area contributed by atoms with Gasteiger partial charge in [0.25, 0.3) is 0 Å². The Bertz CT molecular complexity index is 2910. The highest BCUT2D eigenvalue weighted by molar-refractivity contribution is 6.52. The number of rotatable bonds is 11. The van der Waals surface area contributed by atoms with Crippen molar-refractivity contribution in [1.29, 1.82) is 0 Å². The van der Waals surface area contributed by atoms with E-state index < -0.39 is 11.8 Å². The zero-order valence-corrected chi connectivity index (χ0v) is 37.5. The van der Waals surface area contributed by atoms with Crippen LogP contribution in [0.2, 0.25) is 0 Å².